The lowest BCUT2D eigenvalue weighted by Crippen LogP contribution is -2.50. The zero-order chi connectivity index (χ0) is 24.9. The molecule has 1 aromatic carbocycles. The molecule has 1 unspecified atom stereocenters. The number of nitrogens with zero attached hydrogens (tertiary/aromatic N) is 6. The number of urea groups is 1. The molecule has 0 aliphatic carbocycles. The van der Waals surface area contributed by atoms with E-state index in [-0.39, 0.29) is 6.03 Å². The van der Waals surface area contributed by atoms with Crippen molar-refractivity contribution in [1.29, 1.82) is 0 Å². The van der Waals surface area contributed by atoms with Gasteiger partial charge in [0, 0.05) is 71.2 Å². The van der Waals surface area contributed by atoms with Gasteiger partial charge >= 0.3 is 6.03 Å². The van der Waals surface area contributed by atoms with Crippen LogP contribution in [0, 0.1) is 6.92 Å². The van der Waals surface area contributed by atoms with Crippen molar-refractivity contribution in [3.8, 4) is 5.75 Å². The molecule has 0 saturated carbocycles. The number of ether oxygens (including phenoxy) is 2. The first kappa shape index (κ1) is 24.6. The number of nitrogens with one attached hydrogen (secondary N) is 1. The molecule has 36 heavy (non-hydrogen) atoms. The maximum Gasteiger partial charge on any atom is 0.321 e. The fourth-order valence-electron chi connectivity index (χ4n) is 5.13. The van der Waals surface area contributed by atoms with Crippen molar-refractivity contribution in [3.05, 3.63) is 35.9 Å². The standard InChI is InChI=1S/C26H37N7O3/c1-20-18-21(35-2)5-6-23(20)27-26(34)33-15-13-32(14-16-33)25-8-7-24(28-29-25)31-11-9-30(10-12-31)19-22-4-3-17-36-22/h5-8,18,22H,3-4,9-17,19H2,1-2H3,(H,27,34). The van der Waals surface area contributed by atoms with Gasteiger partial charge in [-0.25, -0.2) is 4.79 Å². The Hall–Kier alpha value is -3.11. The van der Waals surface area contributed by atoms with Crippen molar-refractivity contribution in [2.45, 2.75) is 25.9 Å². The molecular weight excluding hydrogens is 458 g/mol. The molecule has 3 aliphatic rings. The van der Waals surface area contributed by atoms with Crippen LogP contribution >= 0.6 is 0 Å². The van der Waals surface area contributed by atoms with E-state index >= 15 is 0 Å². The van der Waals surface area contributed by atoms with Gasteiger partial charge in [0.2, 0.25) is 0 Å². The van der Waals surface area contributed by atoms with E-state index in [9.17, 15) is 4.79 Å². The Bertz CT molecular complexity index is 1010. The summed E-state index contributed by atoms with van der Waals surface area (Å²) in [6.07, 6.45) is 2.79. The Morgan fingerprint density at radius 2 is 1.67 bits per heavy atom. The van der Waals surface area contributed by atoms with Crippen molar-refractivity contribution < 1.29 is 14.3 Å². The molecule has 1 N–H and O–H groups in total. The SMILES string of the molecule is COc1ccc(NC(=O)N2CCN(c3ccc(N4CCN(CC5CCCO5)CC4)nn3)CC2)c(C)c1. The van der Waals surface area contributed by atoms with Gasteiger partial charge in [-0.3, -0.25) is 4.90 Å². The number of hydrogen-bond acceptors (Lipinski definition) is 8. The maximum absolute atomic E-state index is 12.8. The van der Waals surface area contributed by atoms with Crippen LogP contribution in [-0.4, -0.2) is 105 Å². The molecule has 1 atom stereocenters. The van der Waals surface area contributed by atoms with Gasteiger partial charge in [-0.05, 0) is 55.7 Å². The van der Waals surface area contributed by atoms with Gasteiger partial charge in [0.15, 0.2) is 11.6 Å². The van der Waals surface area contributed by atoms with Crippen LogP contribution in [0.5, 0.6) is 5.75 Å². The average molecular weight is 496 g/mol. The van der Waals surface area contributed by atoms with E-state index in [0.29, 0.717) is 19.2 Å². The van der Waals surface area contributed by atoms with Crippen molar-refractivity contribution in [2.75, 3.05) is 87.7 Å². The van der Waals surface area contributed by atoms with Crippen LogP contribution < -0.4 is 19.9 Å². The van der Waals surface area contributed by atoms with Crippen LogP contribution in [0.2, 0.25) is 0 Å². The highest BCUT2D eigenvalue weighted by atomic mass is 16.5. The summed E-state index contributed by atoms with van der Waals surface area (Å²) in [4.78, 5) is 21.6. The molecule has 10 heteroatoms. The predicted molar refractivity (Wildman–Crippen MR) is 140 cm³/mol. The molecule has 3 fully saturated rings. The first-order chi connectivity index (χ1) is 17.6. The van der Waals surface area contributed by atoms with Crippen LogP contribution in [0.15, 0.2) is 30.3 Å². The molecule has 3 saturated heterocycles. The van der Waals surface area contributed by atoms with Gasteiger partial charge in [-0.15, -0.1) is 10.2 Å². The highest BCUT2D eigenvalue weighted by Gasteiger charge is 2.25. The van der Waals surface area contributed by atoms with Crippen LogP contribution in [0.1, 0.15) is 18.4 Å². The first-order valence-corrected chi connectivity index (χ1v) is 13.0. The Kier molecular flexibility index (Phi) is 7.72. The number of hydrogen-bond donors (Lipinski definition) is 1. The Labute approximate surface area is 213 Å². The van der Waals surface area contributed by atoms with E-state index in [0.717, 1.165) is 81.1 Å². The summed E-state index contributed by atoms with van der Waals surface area (Å²) >= 11 is 0. The van der Waals surface area contributed by atoms with Crippen LogP contribution in [0.4, 0.5) is 22.1 Å². The van der Waals surface area contributed by atoms with E-state index in [1.54, 1.807) is 7.11 Å². The fourth-order valence-corrected chi connectivity index (χ4v) is 5.13. The summed E-state index contributed by atoms with van der Waals surface area (Å²) < 4.78 is 11.0. The zero-order valence-electron chi connectivity index (χ0n) is 21.4. The molecule has 194 valence electrons. The monoisotopic (exact) mass is 495 g/mol. The van der Waals surface area contributed by atoms with E-state index < -0.39 is 0 Å². The number of amides is 2. The minimum absolute atomic E-state index is 0.0806. The molecule has 5 rings (SSSR count). The van der Waals surface area contributed by atoms with E-state index in [1.165, 1.54) is 12.8 Å². The summed E-state index contributed by atoms with van der Waals surface area (Å²) in [6.45, 7) is 10.6. The summed E-state index contributed by atoms with van der Waals surface area (Å²) in [6, 6.07) is 9.70. The van der Waals surface area contributed by atoms with Gasteiger partial charge < -0.3 is 29.5 Å². The summed E-state index contributed by atoms with van der Waals surface area (Å²) in [5.41, 5.74) is 1.78. The van der Waals surface area contributed by atoms with Crippen LogP contribution in [0.3, 0.4) is 0 Å². The fraction of sp³-hybridized carbons (Fsp3) is 0.577. The molecule has 2 aromatic rings. The van der Waals surface area contributed by atoms with Crippen molar-refractivity contribution >= 4 is 23.4 Å². The lowest BCUT2D eigenvalue weighted by molar-refractivity contribution is 0.0712. The predicted octanol–water partition coefficient (Wildman–Crippen LogP) is 2.45. The molecule has 3 aliphatic heterocycles. The highest BCUT2D eigenvalue weighted by molar-refractivity contribution is 5.90. The molecule has 10 nitrogen and oxygen atoms in total. The Morgan fingerprint density at radius 1 is 1.00 bits per heavy atom. The number of anilines is 3. The Morgan fingerprint density at radius 3 is 2.22 bits per heavy atom. The van der Waals surface area contributed by atoms with Crippen molar-refractivity contribution in [1.82, 2.24) is 20.0 Å². The first-order valence-electron chi connectivity index (χ1n) is 13.0. The van der Waals surface area contributed by atoms with Gasteiger partial charge in [0.1, 0.15) is 5.75 Å². The third-order valence-corrected chi connectivity index (χ3v) is 7.38. The number of benzene rings is 1. The number of aromatic nitrogens is 2. The normalized spacial score (nSPS) is 21.1. The molecular formula is C26H37N7O3. The summed E-state index contributed by atoms with van der Waals surface area (Å²) in [7, 11) is 1.64. The smallest absolute Gasteiger partial charge is 0.321 e. The third-order valence-electron chi connectivity index (χ3n) is 7.38. The van der Waals surface area contributed by atoms with Crippen LogP contribution in [0.25, 0.3) is 0 Å². The molecule has 0 radical (unpaired) electrons. The number of piperazine rings is 2. The second-order valence-electron chi connectivity index (χ2n) is 9.76. The molecule has 1 aromatic heterocycles. The number of rotatable bonds is 6. The molecule has 0 bridgehead atoms. The van der Waals surface area contributed by atoms with E-state index in [1.807, 2.05) is 30.0 Å². The number of carbonyl (C=O) groups excluding carboxylic acids is 1. The van der Waals surface area contributed by atoms with E-state index in [4.69, 9.17) is 9.47 Å². The molecule has 2 amide bonds. The van der Waals surface area contributed by atoms with Gasteiger partial charge in [0.05, 0.1) is 13.2 Å². The summed E-state index contributed by atoms with van der Waals surface area (Å²) in [5.74, 6) is 2.58. The van der Waals surface area contributed by atoms with Crippen molar-refractivity contribution in [3.63, 3.8) is 0 Å². The third kappa shape index (κ3) is 5.82. The molecule has 4 heterocycles. The number of aryl methyl sites for hydroxylation is 1. The topological polar surface area (TPSA) is 86.3 Å². The van der Waals surface area contributed by atoms with E-state index in [2.05, 4.69) is 42.3 Å². The minimum Gasteiger partial charge on any atom is -0.497 e. The average Bonchev–Trinajstić information content (AvgIpc) is 3.43. The minimum atomic E-state index is -0.0806. The maximum atomic E-state index is 12.8. The summed E-state index contributed by atoms with van der Waals surface area (Å²) in [5, 5.41) is 12.1. The lowest BCUT2D eigenvalue weighted by Gasteiger charge is -2.37. The van der Waals surface area contributed by atoms with Gasteiger partial charge in [-0.1, -0.05) is 0 Å². The zero-order valence-corrected chi connectivity index (χ0v) is 21.4. The number of carbonyl (C=O) groups is 1. The quantitative estimate of drug-likeness (QED) is 0.654. The van der Waals surface area contributed by atoms with Crippen molar-refractivity contribution in [2.24, 2.45) is 0 Å². The molecule has 0 spiro atoms. The largest absolute Gasteiger partial charge is 0.497 e. The number of methoxy groups -OCH3 is 1. The second kappa shape index (κ2) is 11.3. The second-order valence-corrected chi connectivity index (χ2v) is 9.76. The van der Waals surface area contributed by atoms with Gasteiger partial charge in [0.25, 0.3) is 0 Å². The Balaban J connectivity index is 1.08. The highest BCUT2D eigenvalue weighted by Crippen LogP contribution is 2.23. The van der Waals surface area contributed by atoms with Gasteiger partial charge in [-0.2, -0.15) is 0 Å². The van der Waals surface area contributed by atoms with Crippen LogP contribution in [-0.2, 0) is 4.74 Å². The lowest BCUT2D eigenvalue weighted by atomic mass is 10.2.